The van der Waals surface area contributed by atoms with E-state index in [2.05, 4.69) is 26.1 Å². The highest BCUT2D eigenvalue weighted by atomic mass is 79.9. The molecule has 0 atom stereocenters. The lowest BCUT2D eigenvalue weighted by molar-refractivity contribution is -0.142. The van der Waals surface area contributed by atoms with Crippen molar-refractivity contribution >= 4 is 21.9 Å². The smallest absolute Gasteiger partial charge is 0.313 e. The zero-order valence-electron chi connectivity index (χ0n) is 9.72. The quantitative estimate of drug-likeness (QED) is 0.812. The molecule has 2 rings (SSSR count). The molecule has 1 aromatic carbocycles. The minimum absolute atomic E-state index is 0.0217. The molecule has 0 unspecified atom stereocenters. The average Bonchev–Trinajstić information content (AvgIpc) is 2.78. The molecule has 5 nitrogen and oxygen atoms in total. The van der Waals surface area contributed by atoms with Crippen LogP contribution in [0, 0.1) is 0 Å². The summed E-state index contributed by atoms with van der Waals surface area (Å²) in [7, 11) is 0. The Kier molecular flexibility index (Phi) is 4.09. The Morgan fingerprint density at radius 3 is 2.78 bits per heavy atom. The van der Waals surface area contributed by atoms with Gasteiger partial charge in [-0.25, -0.2) is 0 Å². The van der Waals surface area contributed by atoms with E-state index in [4.69, 9.17) is 9.26 Å². The Balaban J connectivity index is 2.10. The van der Waals surface area contributed by atoms with E-state index in [-0.39, 0.29) is 12.4 Å². The number of aromatic nitrogens is 2. The van der Waals surface area contributed by atoms with Crippen molar-refractivity contribution in [2.24, 2.45) is 0 Å². The lowest BCUT2D eigenvalue weighted by atomic mass is 10.2. The van der Waals surface area contributed by atoms with Crippen molar-refractivity contribution in [3.05, 3.63) is 34.6 Å². The molecule has 94 valence electrons. The standard InChI is InChI=1S/C12H11BrN2O3/c1-2-17-11(16)7-10-14-12(18-15-10)8-3-5-9(13)6-4-8/h3-6H,2,7H2,1H3. The van der Waals surface area contributed by atoms with E-state index in [1.54, 1.807) is 6.92 Å². The molecule has 0 saturated carbocycles. The Morgan fingerprint density at radius 2 is 2.11 bits per heavy atom. The van der Waals surface area contributed by atoms with Crippen molar-refractivity contribution in [1.29, 1.82) is 0 Å². The number of hydrogen-bond acceptors (Lipinski definition) is 5. The van der Waals surface area contributed by atoms with E-state index in [1.165, 1.54) is 0 Å². The summed E-state index contributed by atoms with van der Waals surface area (Å²) in [6.07, 6.45) is 0.0217. The van der Waals surface area contributed by atoms with E-state index in [0.29, 0.717) is 18.3 Å². The topological polar surface area (TPSA) is 65.2 Å². The first-order valence-electron chi connectivity index (χ1n) is 5.43. The van der Waals surface area contributed by atoms with Crippen LogP contribution in [0.25, 0.3) is 11.5 Å². The third kappa shape index (κ3) is 3.16. The number of rotatable bonds is 4. The molecule has 2 aromatic rings. The number of halogens is 1. The molecule has 0 spiro atoms. The number of benzene rings is 1. The highest BCUT2D eigenvalue weighted by Gasteiger charge is 2.12. The molecule has 0 aliphatic rings. The fourth-order valence-corrected chi connectivity index (χ4v) is 1.64. The predicted octanol–water partition coefficient (Wildman–Crippen LogP) is 2.60. The summed E-state index contributed by atoms with van der Waals surface area (Å²) < 4.78 is 10.9. The molecule has 0 aliphatic heterocycles. The number of esters is 1. The minimum atomic E-state index is -0.361. The molecule has 6 heteroatoms. The lowest BCUT2D eigenvalue weighted by Gasteiger charge is -1.96. The molecule has 1 heterocycles. The van der Waals surface area contributed by atoms with Crippen molar-refractivity contribution in [2.45, 2.75) is 13.3 Å². The van der Waals surface area contributed by atoms with Crippen molar-refractivity contribution in [3.63, 3.8) is 0 Å². The largest absolute Gasteiger partial charge is 0.466 e. The van der Waals surface area contributed by atoms with Crippen LogP contribution in [0.15, 0.2) is 33.3 Å². The molecular weight excluding hydrogens is 300 g/mol. The highest BCUT2D eigenvalue weighted by molar-refractivity contribution is 9.10. The Labute approximate surface area is 112 Å². The van der Waals surface area contributed by atoms with Gasteiger partial charge in [-0.1, -0.05) is 21.1 Å². The van der Waals surface area contributed by atoms with Crippen LogP contribution in [0.1, 0.15) is 12.7 Å². The third-order valence-corrected chi connectivity index (χ3v) is 2.70. The van der Waals surface area contributed by atoms with Gasteiger partial charge in [0, 0.05) is 10.0 Å². The van der Waals surface area contributed by atoms with Gasteiger partial charge in [0.05, 0.1) is 6.61 Å². The second kappa shape index (κ2) is 5.77. The zero-order chi connectivity index (χ0) is 13.0. The maximum Gasteiger partial charge on any atom is 0.313 e. The molecular formula is C12H11BrN2O3. The van der Waals surface area contributed by atoms with E-state index >= 15 is 0 Å². The number of ether oxygens (including phenoxy) is 1. The summed E-state index contributed by atoms with van der Waals surface area (Å²) in [5.41, 5.74) is 0.806. The summed E-state index contributed by atoms with van der Waals surface area (Å²) in [6, 6.07) is 7.46. The molecule has 0 amide bonds. The third-order valence-electron chi connectivity index (χ3n) is 2.17. The molecule has 0 fully saturated rings. The molecule has 0 aliphatic carbocycles. The summed E-state index contributed by atoms with van der Waals surface area (Å²) in [6.45, 7) is 2.09. The maximum atomic E-state index is 11.3. The van der Waals surface area contributed by atoms with Gasteiger partial charge in [0.2, 0.25) is 0 Å². The van der Waals surface area contributed by atoms with Crippen LogP contribution < -0.4 is 0 Å². The van der Waals surface area contributed by atoms with Crippen LogP contribution in [0.5, 0.6) is 0 Å². The Morgan fingerprint density at radius 1 is 1.39 bits per heavy atom. The first kappa shape index (κ1) is 12.8. The van der Waals surface area contributed by atoms with Gasteiger partial charge in [0.25, 0.3) is 5.89 Å². The normalized spacial score (nSPS) is 10.3. The molecule has 1 aromatic heterocycles. The number of carbonyl (C=O) groups excluding carboxylic acids is 1. The summed E-state index contributed by atoms with van der Waals surface area (Å²) in [4.78, 5) is 15.4. The van der Waals surface area contributed by atoms with Crippen molar-refractivity contribution in [1.82, 2.24) is 10.1 Å². The first-order valence-corrected chi connectivity index (χ1v) is 6.22. The van der Waals surface area contributed by atoms with E-state index < -0.39 is 0 Å². The van der Waals surface area contributed by atoms with Gasteiger partial charge in [0.1, 0.15) is 6.42 Å². The van der Waals surface area contributed by atoms with E-state index in [1.807, 2.05) is 24.3 Å². The van der Waals surface area contributed by atoms with Gasteiger partial charge in [-0.2, -0.15) is 4.98 Å². The SMILES string of the molecule is CCOC(=O)Cc1noc(-c2ccc(Br)cc2)n1. The minimum Gasteiger partial charge on any atom is -0.466 e. The highest BCUT2D eigenvalue weighted by Crippen LogP contribution is 2.20. The van der Waals surface area contributed by atoms with Crippen molar-refractivity contribution < 1.29 is 14.1 Å². The number of nitrogens with zero attached hydrogens (tertiary/aromatic N) is 2. The fourth-order valence-electron chi connectivity index (χ4n) is 1.38. The van der Waals surface area contributed by atoms with Gasteiger partial charge in [0.15, 0.2) is 5.82 Å². The zero-order valence-corrected chi connectivity index (χ0v) is 11.3. The van der Waals surface area contributed by atoms with E-state index in [9.17, 15) is 4.79 Å². The van der Waals surface area contributed by atoms with Crippen LogP contribution in [-0.4, -0.2) is 22.7 Å². The van der Waals surface area contributed by atoms with E-state index in [0.717, 1.165) is 10.0 Å². The molecule has 0 radical (unpaired) electrons. The second-order valence-corrected chi connectivity index (χ2v) is 4.42. The second-order valence-electron chi connectivity index (χ2n) is 3.50. The van der Waals surface area contributed by atoms with Crippen LogP contribution in [0.3, 0.4) is 0 Å². The fraction of sp³-hybridized carbons (Fsp3) is 0.250. The van der Waals surface area contributed by atoms with Crippen LogP contribution in [0.4, 0.5) is 0 Å². The van der Waals surface area contributed by atoms with Gasteiger partial charge in [-0.3, -0.25) is 4.79 Å². The number of hydrogen-bond donors (Lipinski definition) is 0. The molecule has 0 N–H and O–H groups in total. The lowest BCUT2D eigenvalue weighted by Crippen LogP contribution is -2.08. The summed E-state index contributed by atoms with van der Waals surface area (Å²) >= 11 is 3.35. The predicted molar refractivity (Wildman–Crippen MR) is 67.8 cm³/mol. The summed E-state index contributed by atoms with van der Waals surface area (Å²) in [5, 5.41) is 3.74. The van der Waals surface area contributed by atoms with Crippen molar-refractivity contribution in [2.75, 3.05) is 6.61 Å². The van der Waals surface area contributed by atoms with Crippen molar-refractivity contribution in [3.8, 4) is 11.5 Å². The average molecular weight is 311 g/mol. The Hall–Kier alpha value is -1.69. The summed E-state index contributed by atoms with van der Waals surface area (Å²) in [5.74, 6) is 0.355. The number of carbonyl (C=O) groups is 1. The van der Waals surface area contributed by atoms with Gasteiger partial charge in [-0.05, 0) is 31.2 Å². The first-order chi connectivity index (χ1) is 8.69. The van der Waals surface area contributed by atoms with Gasteiger partial charge < -0.3 is 9.26 Å². The molecule has 0 saturated heterocycles. The van der Waals surface area contributed by atoms with Crippen LogP contribution in [0.2, 0.25) is 0 Å². The maximum absolute atomic E-state index is 11.3. The van der Waals surface area contributed by atoms with Gasteiger partial charge >= 0.3 is 5.97 Å². The molecule has 18 heavy (non-hydrogen) atoms. The van der Waals surface area contributed by atoms with Crippen LogP contribution >= 0.6 is 15.9 Å². The Bertz CT molecular complexity index is 537. The monoisotopic (exact) mass is 310 g/mol. The molecule has 0 bridgehead atoms. The van der Waals surface area contributed by atoms with Gasteiger partial charge in [-0.15, -0.1) is 0 Å². The van der Waals surface area contributed by atoms with Crippen LogP contribution in [-0.2, 0) is 16.0 Å².